The van der Waals surface area contributed by atoms with E-state index in [2.05, 4.69) is 0 Å². The van der Waals surface area contributed by atoms with E-state index in [0.29, 0.717) is 6.61 Å². The third-order valence-corrected chi connectivity index (χ3v) is 4.51. The highest BCUT2D eigenvalue weighted by atomic mass is 16.5. The molecule has 0 aromatic heterocycles. The van der Waals surface area contributed by atoms with E-state index in [1.807, 2.05) is 37.3 Å². The third-order valence-electron chi connectivity index (χ3n) is 4.51. The Hall–Kier alpha value is -1.88. The SMILES string of the molecule is C[C@H](c1ccccc1)N(C)C(=O)CN(C)C(=O)[C@H]1CCCOC1. The van der Waals surface area contributed by atoms with Crippen LogP contribution in [0.25, 0.3) is 0 Å². The van der Waals surface area contributed by atoms with Gasteiger partial charge in [-0.25, -0.2) is 0 Å². The summed E-state index contributed by atoms with van der Waals surface area (Å²) in [6.07, 6.45) is 1.75. The van der Waals surface area contributed by atoms with Crippen LogP contribution in [0.1, 0.15) is 31.4 Å². The average molecular weight is 318 g/mol. The highest BCUT2D eigenvalue weighted by Crippen LogP contribution is 2.19. The second-order valence-electron chi connectivity index (χ2n) is 6.20. The zero-order valence-corrected chi connectivity index (χ0v) is 14.2. The summed E-state index contributed by atoms with van der Waals surface area (Å²) in [4.78, 5) is 28.0. The first-order chi connectivity index (χ1) is 11.0. The molecule has 0 bridgehead atoms. The van der Waals surface area contributed by atoms with Gasteiger partial charge in [-0.3, -0.25) is 9.59 Å². The molecule has 23 heavy (non-hydrogen) atoms. The summed E-state index contributed by atoms with van der Waals surface area (Å²) in [5, 5.41) is 0. The fourth-order valence-electron chi connectivity index (χ4n) is 2.81. The van der Waals surface area contributed by atoms with E-state index in [1.165, 1.54) is 4.90 Å². The number of carbonyl (C=O) groups excluding carboxylic acids is 2. The van der Waals surface area contributed by atoms with Crippen LogP contribution in [0.2, 0.25) is 0 Å². The summed E-state index contributed by atoms with van der Waals surface area (Å²) in [7, 11) is 3.47. The molecule has 1 heterocycles. The van der Waals surface area contributed by atoms with Crippen molar-refractivity contribution < 1.29 is 14.3 Å². The van der Waals surface area contributed by atoms with Crippen LogP contribution in [0.5, 0.6) is 0 Å². The number of likely N-dealkylation sites (N-methyl/N-ethyl adjacent to an activating group) is 2. The quantitative estimate of drug-likeness (QED) is 0.835. The predicted molar refractivity (Wildman–Crippen MR) is 88.8 cm³/mol. The largest absolute Gasteiger partial charge is 0.381 e. The normalized spacial score (nSPS) is 19.0. The fraction of sp³-hybridized carbons (Fsp3) is 0.556. The van der Waals surface area contributed by atoms with Crippen LogP contribution in [0.15, 0.2) is 30.3 Å². The van der Waals surface area contributed by atoms with Gasteiger partial charge in [0, 0.05) is 20.7 Å². The molecule has 1 fully saturated rings. The lowest BCUT2D eigenvalue weighted by molar-refractivity contribution is -0.144. The molecule has 1 aromatic rings. The van der Waals surface area contributed by atoms with Gasteiger partial charge in [-0.2, -0.15) is 0 Å². The Morgan fingerprint density at radius 3 is 2.57 bits per heavy atom. The van der Waals surface area contributed by atoms with Gasteiger partial charge >= 0.3 is 0 Å². The molecule has 0 unspecified atom stereocenters. The van der Waals surface area contributed by atoms with E-state index in [1.54, 1.807) is 19.0 Å². The monoisotopic (exact) mass is 318 g/mol. The molecule has 0 aliphatic carbocycles. The lowest BCUT2D eigenvalue weighted by Crippen LogP contribution is -2.43. The van der Waals surface area contributed by atoms with Crippen molar-refractivity contribution in [3.63, 3.8) is 0 Å². The van der Waals surface area contributed by atoms with Gasteiger partial charge < -0.3 is 14.5 Å². The Morgan fingerprint density at radius 1 is 1.26 bits per heavy atom. The number of rotatable bonds is 5. The molecule has 2 atom stereocenters. The van der Waals surface area contributed by atoms with Crippen LogP contribution in [0.4, 0.5) is 0 Å². The summed E-state index contributed by atoms with van der Waals surface area (Å²) < 4.78 is 5.36. The zero-order valence-electron chi connectivity index (χ0n) is 14.2. The van der Waals surface area contributed by atoms with Gasteiger partial charge in [0.15, 0.2) is 0 Å². The molecule has 1 aromatic carbocycles. The van der Waals surface area contributed by atoms with Crippen LogP contribution in [-0.2, 0) is 14.3 Å². The van der Waals surface area contributed by atoms with Gasteiger partial charge in [0.2, 0.25) is 11.8 Å². The number of ether oxygens (including phenoxy) is 1. The Balaban J connectivity index is 1.90. The molecule has 5 nitrogen and oxygen atoms in total. The Labute approximate surface area is 138 Å². The van der Waals surface area contributed by atoms with E-state index in [-0.39, 0.29) is 30.3 Å². The van der Waals surface area contributed by atoms with Crippen LogP contribution >= 0.6 is 0 Å². The van der Waals surface area contributed by atoms with Crippen molar-refractivity contribution in [1.29, 1.82) is 0 Å². The maximum Gasteiger partial charge on any atom is 0.242 e. The molecular formula is C18H26N2O3. The number of amides is 2. The molecule has 1 saturated heterocycles. The molecule has 0 spiro atoms. The first kappa shape index (κ1) is 17.5. The smallest absolute Gasteiger partial charge is 0.242 e. The van der Waals surface area contributed by atoms with Crippen molar-refractivity contribution in [3.05, 3.63) is 35.9 Å². The summed E-state index contributed by atoms with van der Waals surface area (Å²) in [5.41, 5.74) is 1.08. The van der Waals surface area contributed by atoms with E-state index < -0.39 is 0 Å². The van der Waals surface area contributed by atoms with Crippen LogP contribution in [-0.4, -0.2) is 55.5 Å². The Morgan fingerprint density at radius 2 is 1.96 bits per heavy atom. The van der Waals surface area contributed by atoms with Gasteiger partial charge in [0.1, 0.15) is 0 Å². The topological polar surface area (TPSA) is 49.9 Å². The zero-order chi connectivity index (χ0) is 16.8. The summed E-state index contributed by atoms with van der Waals surface area (Å²) in [6.45, 7) is 3.28. The van der Waals surface area contributed by atoms with E-state index in [4.69, 9.17) is 4.74 Å². The predicted octanol–water partition coefficient (Wildman–Crippen LogP) is 2.09. The maximum atomic E-state index is 12.5. The highest BCUT2D eigenvalue weighted by Gasteiger charge is 2.27. The highest BCUT2D eigenvalue weighted by molar-refractivity contribution is 5.86. The van der Waals surface area contributed by atoms with E-state index in [9.17, 15) is 9.59 Å². The van der Waals surface area contributed by atoms with Crippen LogP contribution < -0.4 is 0 Å². The van der Waals surface area contributed by atoms with Crippen molar-refractivity contribution in [3.8, 4) is 0 Å². The number of carbonyl (C=O) groups is 2. The minimum atomic E-state index is -0.113. The van der Waals surface area contributed by atoms with Crippen molar-refractivity contribution >= 4 is 11.8 Å². The van der Waals surface area contributed by atoms with Crippen molar-refractivity contribution in [2.24, 2.45) is 5.92 Å². The first-order valence-electron chi connectivity index (χ1n) is 8.14. The molecule has 5 heteroatoms. The number of benzene rings is 1. The van der Waals surface area contributed by atoms with Crippen molar-refractivity contribution in [2.45, 2.75) is 25.8 Å². The molecule has 2 rings (SSSR count). The second kappa shape index (κ2) is 8.11. The summed E-state index contributed by atoms with van der Waals surface area (Å²) in [6, 6.07) is 9.86. The first-order valence-corrected chi connectivity index (χ1v) is 8.14. The molecule has 0 saturated carbocycles. The lowest BCUT2D eigenvalue weighted by atomic mass is 10.0. The molecular weight excluding hydrogens is 292 g/mol. The molecule has 1 aliphatic heterocycles. The lowest BCUT2D eigenvalue weighted by Gasteiger charge is -2.30. The van der Waals surface area contributed by atoms with Gasteiger partial charge in [0.05, 0.1) is 25.1 Å². The average Bonchev–Trinajstić information content (AvgIpc) is 2.61. The van der Waals surface area contributed by atoms with E-state index in [0.717, 1.165) is 25.0 Å². The number of hydrogen-bond acceptors (Lipinski definition) is 3. The summed E-state index contributed by atoms with van der Waals surface area (Å²) >= 11 is 0. The van der Waals surface area contributed by atoms with Crippen molar-refractivity contribution in [1.82, 2.24) is 9.80 Å². The van der Waals surface area contributed by atoms with Crippen LogP contribution in [0, 0.1) is 5.92 Å². The maximum absolute atomic E-state index is 12.5. The third kappa shape index (κ3) is 4.55. The van der Waals surface area contributed by atoms with Gasteiger partial charge in [-0.05, 0) is 25.3 Å². The van der Waals surface area contributed by atoms with E-state index >= 15 is 0 Å². The molecule has 2 amide bonds. The standard InChI is InChI=1S/C18H26N2O3/c1-14(15-8-5-4-6-9-15)20(3)17(21)12-19(2)18(22)16-10-7-11-23-13-16/h4-6,8-9,14,16H,7,10-13H2,1-3H3/t14-,16+/m1/s1. The molecule has 0 N–H and O–H groups in total. The molecule has 1 aliphatic rings. The minimum absolute atomic E-state index is 0.00110. The Bertz CT molecular complexity index is 526. The molecule has 0 radical (unpaired) electrons. The molecule has 126 valence electrons. The van der Waals surface area contributed by atoms with Gasteiger partial charge in [0.25, 0.3) is 0 Å². The number of nitrogens with zero attached hydrogens (tertiary/aromatic N) is 2. The second-order valence-corrected chi connectivity index (χ2v) is 6.20. The van der Waals surface area contributed by atoms with Crippen LogP contribution in [0.3, 0.4) is 0 Å². The van der Waals surface area contributed by atoms with Crippen molar-refractivity contribution in [2.75, 3.05) is 33.9 Å². The van der Waals surface area contributed by atoms with Gasteiger partial charge in [-0.15, -0.1) is 0 Å². The Kier molecular flexibility index (Phi) is 6.16. The fourth-order valence-corrected chi connectivity index (χ4v) is 2.81. The minimum Gasteiger partial charge on any atom is -0.381 e. The van der Waals surface area contributed by atoms with Gasteiger partial charge in [-0.1, -0.05) is 30.3 Å². The number of hydrogen-bond donors (Lipinski definition) is 0. The summed E-state index contributed by atoms with van der Waals surface area (Å²) in [5.74, 6) is -0.175.